The Morgan fingerprint density at radius 3 is 2.31 bits per heavy atom. The summed E-state index contributed by atoms with van der Waals surface area (Å²) in [6.45, 7) is 2.96. The van der Waals surface area contributed by atoms with Crippen LogP contribution in [0.5, 0.6) is 5.75 Å². The summed E-state index contributed by atoms with van der Waals surface area (Å²) in [4.78, 5) is 12.9. The highest BCUT2D eigenvalue weighted by Gasteiger charge is 2.26. The largest absolute Gasteiger partial charge is 0.497 e. The van der Waals surface area contributed by atoms with Crippen molar-refractivity contribution >= 4 is 15.9 Å². The van der Waals surface area contributed by atoms with Crippen molar-refractivity contribution in [2.24, 2.45) is 0 Å². The van der Waals surface area contributed by atoms with Gasteiger partial charge in [0.25, 0.3) is 5.91 Å². The minimum Gasteiger partial charge on any atom is -0.497 e. The average molecular weight is 417 g/mol. The zero-order valence-corrected chi connectivity index (χ0v) is 17.7. The summed E-state index contributed by atoms with van der Waals surface area (Å²) in [5.74, 6) is 0.444. The number of hydrogen-bond donors (Lipinski definition) is 1. The van der Waals surface area contributed by atoms with Gasteiger partial charge in [-0.1, -0.05) is 31.0 Å². The van der Waals surface area contributed by atoms with E-state index in [-0.39, 0.29) is 16.8 Å². The van der Waals surface area contributed by atoms with Gasteiger partial charge in [0.1, 0.15) is 5.75 Å². The second-order valence-electron chi connectivity index (χ2n) is 7.31. The van der Waals surface area contributed by atoms with Gasteiger partial charge in [-0.15, -0.1) is 0 Å². The summed E-state index contributed by atoms with van der Waals surface area (Å²) in [6, 6.07) is 13.5. The molecule has 6 nitrogen and oxygen atoms in total. The Morgan fingerprint density at radius 1 is 1.03 bits per heavy atom. The standard InChI is InChI=1S/C22H28N2O4S/c1-17(18-10-12-20(28-2)13-11-18)23-22(25)19-8-7-9-21(16-19)29(26,27)24-14-5-3-4-6-15-24/h7-13,16-17H,3-6,14-15H2,1-2H3,(H,23,25). The Morgan fingerprint density at radius 2 is 1.69 bits per heavy atom. The molecule has 2 aromatic rings. The Labute approximate surface area is 172 Å². The van der Waals surface area contributed by atoms with Gasteiger partial charge in [-0.3, -0.25) is 4.79 Å². The van der Waals surface area contributed by atoms with Crippen molar-refractivity contribution in [2.75, 3.05) is 20.2 Å². The second-order valence-corrected chi connectivity index (χ2v) is 9.25. The maximum atomic E-state index is 13.0. The maximum absolute atomic E-state index is 13.0. The number of amides is 1. The van der Waals surface area contributed by atoms with Crippen LogP contribution in [0.1, 0.15) is 54.6 Å². The quantitative estimate of drug-likeness (QED) is 0.778. The molecule has 0 bridgehead atoms. The highest BCUT2D eigenvalue weighted by atomic mass is 32.2. The van der Waals surface area contributed by atoms with E-state index in [1.165, 1.54) is 10.4 Å². The van der Waals surface area contributed by atoms with E-state index in [2.05, 4.69) is 5.32 Å². The number of carbonyl (C=O) groups excluding carboxylic acids is 1. The van der Waals surface area contributed by atoms with Crippen molar-refractivity contribution in [3.63, 3.8) is 0 Å². The molecule has 1 amide bonds. The molecule has 29 heavy (non-hydrogen) atoms. The molecular formula is C22H28N2O4S. The number of rotatable bonds is 6. The van der Waals surface area contributed by atoms with Crippen LogP contribution in [0.3, 0.4) is 0 Å². The van der Waals surface area contributed by atoms with Gasteiger partial charge in [0, 0.05) is 18.7 Å². The molecule has 1 fully saturated rings. The smallest absolute Gasteiger partial charge is 0.251 e. The summed E-state index contributed by atoms with van der Waals surface area (Å²) in [6.07, 6.45) is 3.85. The van der Waals surface area contributed by atoms with Crippen molar-refractivity contribution < 1.29 is 17.9 Å². The Bertz CT molecular complexity index is 934. The number of ether oxygens (including phenoxy) is 1. The number of carbonyl (C=O) groups is 1. The number of benzene rings is 2. The van der Waals surface area contributed by atoms with Gasteiger partial charge in [0.15, 0.2) is 0 Å². The van der Waals surface area contributed by atoms with Gasteiger partial charge in [-0.25, -0.2) is 8.42 Å². The number of methoxy groups -OCH3 is 1. The van der Waals surface area contributed by atoms with Crippen molar-refractivity contribution in [1.82, 2.24) is 9.62 Å². The molecule has 1 unspecified atom stereocenters. The molecule has 0 aliphatic carbocycles. The third-order valence-electron chi connectivity index (χ3n) is 5.26. The van der Waals surface area contributed by atoms with E-state index >= 15 is 0 Å². The van der Waals surface area contributed by atoms with Gasteiger partial charge in [-0.05, 0) is 55.7 Å². The summed E-state index contributed by atoms with van der Waals surface area (Å²) in [5.41, 5.74) is 1.27. The number of nitrogens with zero attached hydrogens (tertiary/aromatic N) is 1. The predicted molar refractivity (Wildman–Crippen MR) is 113 cm³/mol. The normalized spacial score (nSPS) is 16.6. The first-order chi connectivity index (χ1) is 13.9. The van der Waals surface area contributed by atoms with E-state index in [0.717, 1.165) is 37.0 Å². The summed E-state index contributed by atoms with van der Waals surface area (Å²) >= 11 is 0. The van der Waals surface area contributed by atoms with Crippen LogP contribution >= 0.6 is 0 Å². The first-order valence-corrected chi connectivity index (χ1v) is 11.4. The fraction of sp³-hybridized carbons (Fsp3) is 0.409. The Balaban J connectivity index is 1.74. The lowest BCUT2D eigenvalue weighted by atomic mass is 10.1. The topological polar surface area (TPSA) is 75.7 Å². The zero-order chi connectivity index (χ0) is 20.9. The van der Waals surface area contributed by atoms with Crippen molar-refractivity contribution in [3.05, 3.63) is 59.7 Å². The van der Waals surface area contributed by atoms with E-state index in [1.54, 1.807) is 25.3 Å². The first kappa shape index (κ1) is 21.3. The summed E-state index contributed by atoms with van der Waals surface area (Å²) < 4.78 is 32.7. The summed E-state index contributed by atoms with van der Waals surface area (Å²) in [5, 5.41) is 2.93. The minimum absolute atomic E-state index is 0.171. The highest BCUT2D eigenvalue weighted by Crippen LogP contribution is 2.22. The number of hydrogen-bond acceptors (Lipinski definition) is 4. The molecule has 1 saturated heterocycles. The Kier molecular flexibility index (Phi) is 6.92. The molecule has 1 N–H and O–H groups in total. The molecule has 0 saturated carbocycles. The van der Waals surface area contributed by atoms with Crippen LogP contribution in [0.15, 0.2) is 53.4 Å². The van der Waals surface area contributed by atoms with Crippen LogP contribution in [0.25, 0.3) is 0 Å². The van der Waals surface area contributed by atoms with Crippen molar-refractivity contribution in [3.8, 4) is 5.75 Å². The molecular weight excluding hydrogens is 388 g/mol. The SMILES string of the molecule is COc1ccc(C(C)NC(=O)c2cccc(S(=O)(=O)N3CCCCCC3)c2)cc1. The maximum Gasteiger partial charge on any atom is 0.251 e. The van der Waals surface area contributed by atoms with Crippen LogP contribution in [0, 0.1) is 0 Å². The van der Waals surface area contributed by atoms with Crippen LogP contribution in [0.2, 0.25) is 0 Å². The third-order valence-corrected chi connectivity index (χ3v) is 7.16. The molecule has 0 spiro atoms. The molecule has 1 aliphatic rings. The molecule has 2 aromatic carbocycles. The van der Waals surface area contributed by atoms with Crippen LogP contribution < -0.4 is 10.1 Å². The molecule has 7 heteroatoms. The fourth-order valence-electron chi connectivity index (χ4n) is 3.48. The van der Waals surface area contributed by atoms with Crippen molar-refractivity contribution in [2.45, 2.75) is 43.5 Å². The molecule has 1 heterocycles. The third kappa shape index (κ3) is 5.16. The fourth-order valence-corrected chi connectivity index (χ4v) is 5.05. The lowest BCUT2D eigenvalue weighted by molar-refractivity contribution is 0.0939. The van der Waals surface area contributed by atoms with Crippen LogP contribution in [-0.2, 0) is 10.0 Å². The second kappa shape index (κ2) is 9.41. The van der Waals surface area contributed by atoms with Crippen LogP contribution in [0.4, 0.5) is 0 Å². The van der Waals surface area contributed by atoms with Gasteiger partial charge in [0.05, 0.1) is 18.0 Å². The molecule has 0 radical (unpaired) electrons. The molecule has 1 atom stereocenters. The van der Waals surface area contributed by atoms with Gasteiger partial charge >= 0.3 is 0 Å². The molecule has 0 aromatic heterocycles. The van der Waals surface area contributed by atoms with Gasteiger partial charge in [0.2, 0.25) is 10.0 Å². The summed E-state index contributed by atoms with van der Waals surface area (Å²) in [7, 11) is -1.99. The Hall–Kier alpha value is -2.38. The average Bonchev–Trinajstić information content (AvgIpc) is 3.04. The minimum atomic E-state index is -3.59. The van der Waals surface area contributed by atoms with E-state index in [1.807, 2.05) is 31.2 Å². The van der Waals surface area contributed by atoms with E-state index in [0.29, 0.717) is 18.7 Å². The number of nitrogens with one attached hydrogen (secondary N) is 1. The lowest BCUT2D eigenvalue weighted by Gasteiger charge is -2.20. The van der Waals surface area contributed by atoms with Gasteiger partial charge in [-0.2, -0.15) is 4.31 Å². The lowest BCUT2D eigenvalue weighted by Crippen LogP contribution is -2.32. The van der Waals surface area contributed by atoms with E-state index in [4.69, 9.17) is 4.74 Å². The zero-order valence-electron chi connectivity index (χ0n) is 16.9. The van der Waals surface area contributed by atoms with E-state index < -0.39 is 10.0 Å². The monoisotopic (exact) mass is 416 g/mol. The predicted octanol–water partition coefficient (Wildman–Crippen LogP) is 3.75. The number of sulfonamides is 1. The molecule has 3 rings (SSSR count). The van der Waals surface area contributed by atoms with Crippen LogP contribution in [-0.4, -0.2) is 38.8 Å². The first-order valence-electron chi connectivity index (χ1n) is 9.97. The van der Waals surface area contributed by atoms with Gasteiger partial charge < -0.3 is 10.1 Å². The van der Waals surface area contributed by atoms with Crippen molar-refractivity contribution in [1.29, 1.82) is 0 Å². The molecule has 1 aliphatic heterocycles. The molecule has 156 valence electrons. The van der Waals surface area contributed by atoms with E-state index in [9.17, 15) is 13.2 Å². The highest BCUT2D eigenvalue weighted by molar-refractivity contribution is 7.89.